The molecule has 0 saturated carbocycles. The van der Waals surface area contributed by atoms with Gasteiger partial charge in [-0.1, -0.05) is 0 Å². The molecule has 0 aromatic heterocycles. The fraction of sp³-hybridized carbons (Fsp3) is 0.966. The molecule has 2 nitrogen and oxygen atoms in total. The van der Waals surface area contributed by atoms with Crippen molar-refractivity contribution >= 4 is 586 Å². The van der Waals surface area contributed by atoms with Crippen molar-refractivity contribution in [2.75, 3.05) is 140 Å². The zero-order valence-corrected chi connectivity index (χ0v) is 78.4. The van der Waals surface area contributed by atoms with Gasteiger partial charge >= 0.3 is 5.97 Å². The smallest absolute Gasteiger partial charge is 0.302 e. The molecule has 81 heavy (non-hydrogen) atoms. The van der Waals surface area contributed by atoms with Gasteiger partial charge < -0.3 is 4.74 Å². The molecule has 52 heteroatoms. The number of carbonyl (C=O) groups is 1. The first kappa shape index (κ1) is 176. The van der Waals surface area contributed by atoms with Gasteiger partial charge in [0.1, 0.15) is 0 Å². The molecule has 0 heterocycles. The van der Waals surface area contributed by atoms with Crippen LogP contribution in [0.5, 0.6) is 0 Å². The van der Waals surface area contributed by atoms with E-state index in [1.165, 1.54) is 6.92 Å². The van der Waals surface area contributed by atoms with Gasteiger partial charge in [0.05, 0.1) is 140 Å². The van der Waals surface area contributed by atoms with Crippen molar-refractivity contribution in [2.24, 2.45) is 0 Å². The zero-order chi connectivity index (χ0) is 72.7. The minimum atomic E-state index is -0.211. The first-order valence-corrected chi connectivity index (χ1v) is 42.0. The van der Waals surface area contributed by atoms with E-state index in [4.69, 9.17) is 580 Å². The second kappa shape index (κ2) is 420. The number of hydrogen-bond donors (Lipinski definition) is 0. The van der Waals surface area contributed by atoms with E-state index in [1.54, 1.807) is 6.92 Å². The summed E-state index contributed by atoms with van der Waals surface area (Å²) in [4.78, 5) is 9.82. The van der Waals surface area contributed by atoms with Crippen LogP contribution in [0.3, 0.4) is 0 Å². The van der Waals surface area contributed by atoms with Crippen molar-refractivity contribution in [1.29, 1.82) is 0 Å². The Kier molecular flexibility index (Phi) is 914. The molecule has 0 amide bonds. The van der Waals surface area contributed by atoms with Crippen LogP contribution >= 0.6 is 580 Å². The molecular weight excluding hydrogens is 2150 g/mol. The van der Waals surface area contributed by atoms with Gasteiger partial charge in [-0.2, -0.15) is 0 Å². The van der Waals surface area contributed by atoms with Gasteiger partial charge in [0.2, 0.25) is 0 Å². The molecule has 0 rings (SSSR count). The van der Waals surface area contributed by atoms with E-state index in [0.717, 1.165) is 0 Å². The second-order valence-corrected chi connectivity index (χ2v) is 23.7. The minimum absolute atomic E-state index is 0.194. The highest BCUT2D eigenvalue weighted by Gasteiger charge is 1.81. The molecule has 0 saturated heterocycles. The van der Waals surface area contributed by atoms with E-state index in [1.807, 2.05) is 0 Å². The number of carbonyl (C=O) groups excluding carboxylic acids is 1. The molecule has 0 unspecified atom stereocenters. The minimum Gasteiger partial charge on any atom is -0.466 e. The quantitative estimate of drug-likeness (QED) is 0.193. The Morgan fingerprint density at radius 3 is 0.210 bits per heavy atom. The van der Waals surface area contributed by atoms with Crippen molar-refractivity contribution < 1.29 is 9.53 Å². The molecule has 0 aromatic carbocycles. The van der Waals surface area contributed by atoms with Crippen LogP contribution in [0, 0.1) is 0 Å². The van der Waals surface area contributed by atoms with Gasteiger partial charge in [0.25, 0.3) is 0 Å². The third-order valence-electron chi connectivity index (χ3n) is 0.348. The average Bonchev–Trinajstić information content (AvgIpc) is 3.33. The molecule has 0 N–H and O–H groups in total. The maximum absolute atomic E-state index is 9.82. The van der Waals surface area contributed by atoms with E-state index < -0.39 is 0 Å². The standard InChI is InChI=1S/C4H8O2.25CH2Cl2/c1-3-6-4(2)5;25*2-1-3/h3H2,1-2H3;25*1H2. The van der Waals surface area contributed by atoms with Crippen LogP contribution < -0.4 is 0 Å². The van der Waals surface area contributed by atoms with Crippen molar-refractivity contribution in [1.82, 2.24) is 0 Å². The normalized spacial score (nSPS) is 6.12. The summed E-state index contributed by atoms with van der Waals surface area (Å²) in [6.07, 6.45) is 0. The Bertz CT molecular complexity index is 301. The first-order valence-electron chi connectivity index (χ1n) is 15.3. The fourth-order valence-electron chi connectivity index (χ4n) is 0.203. The largest absolute Gasteiger partial charge is 0.466 e. The molecule has 0 aliphatic rings. The van der Waals surface area contributed by atoms with Crippen molar-refractivity contribution in [3.05, 3.63) is 0 Å². The number of halogens is 50. The molecular formula is C29H58Cl50O2. The molecule has 536 valence electrons. The van der Waals surface area contributed by atoms with Crippen LogP contribution in [0.4, 0.5) is 0 Å². The van der Waals surface area contributed by atoms with Crippen molar-refractivity contribution in [3.8, 4) is 0 Å². The lowest BCUT2D eigenvalue weighted by Crippen LogP contribution is -1.95. The maximum atomic E-state index is 9.82. The molecule has 0 radical (unpaired) electrons. The maximum Gasteiger partial charge on any atom is 0.302 e. The lowest BCUT2D eigenvalue weighted by atomic mass is 10.8. The Morgan fingerprint density at radius 2 is 0.210 bits per heavy atom. The van der Waals surface area contributed by atoms with Crippen molar-refractivity contribution in [2.45, 2.75) is 13.8 Å². The van der Waals surface area contributed by atoms with Crippen LogP contribution in [-0.2, 0) is 9.53 Å². The second-order valence-electron chi connectivity index (χ2n) is 3.45. The lowest BCUT2D eigenvalue weighted by Gasteiger charge is -1.89. The average molecular weight is 2210 g/mol. The highest BCUT2D eigenvalue weighted by Crippen LogP contribution is 1.80. The van der Waals surface area contributed by atoms with Crippen LogP contribution in [0.15, 0.2) is 0 Å². The van der Waals surface area contributed by atoms with Crippen molar-refractivity contribution in [3.63, 3.8) is 0 Å². The molecule has 0 spiro atoms. The zero-order valence-electron chi connectivity index (χ0n) is 40.6. The number of hydrogen-bond acceptors (Lipinski definition) is 2. The van der Waals surface area contributed by atoms with E-state index in [0.29, 0.717) is 6.61 Å². The highest BCUT2D eigenvalue weighted by molar-refractivity contribution is 6.47. The van der Waals surface area contributed by atoms with E-state index in [9.17, 15) is 4.79 Å². The van der Waals surface area contributed by atoms with Gasteiger partial charge in [0, 0.05) is 6.92 Å². The summed E-state index contributed by atoms with van der Waals surface area (Å²) in [7, 11) is 0. The topological polar surface area (TPSA) is 26.3 Å². The fourth-order valence-corrected chi connectivity index (χ4v) is 0.203. The van der Waals surface area contributed by atoms with Gasteiger partial charge in [-0.25, -0.2) is 0 Å². The summed E-state index contributed by atoms with van der Waals surface area (Å²) in [5.74, 6) is -0.211. The third-order valence-corrected chi connectivity index (χ3v) is 0.348. The predicted molar refractivity (Wildman–Crippen MR) is 437 cm³/mol. The monoisotopic (exact) mass is 2190 g/mol. The molecule has 0 atom stereocenters. The summed E-state index contributed by atoms with van der Waals surface area (Å²) in [5, 5.41) is 4.86. The van der Waals surface area contributed by atoms with Gasteiger partial charge in [-0.05, 0) is 6.92 Å². The first-order chi connectivity index (χ1) is 38.1. The highest BCUT2D eigenvalue weighted by atomic mass is 35.6. The van der Waals surface area contributed by atoms with Crippen LogP contribution in [0.25, 0.3) is 0 Å². The number of rotatable bonds is 1. The number of alkyl halides is 50. The third kappa shape index (κ3) is 2760. The Morgan fingerprint density at radius 1 is 0.173 bits per heavy atom. The summed E-state index contributed by atoms with van der Waals surface area (Å²) in [6.45, 7) is 3.65. The van der Waals surface area contributed by atoms with E-state index in [-0.39, 0.29) is 139 Å². The Balaban J connectivity index is -0.0000000162. The molecule has 0 aliphatic heterocycles. The van der Waals surface area contributed by atoms with Gasteiger partial charge in [0.15, 0.2) is 0 Å². The molecule has 0 aliphatic carbocycles. The van der Waals surface area contributed by atoms with E-state index in [2.05, 4.69) is 4.74 Å². The van der Waals surface area contributed by atoms with Crippen LogP contribution in [-0.4, -0.2) is 146 Å². The summed E-state index contributed by atoms with van der Waals surface area (Å²) >= 11 is 238. The van der Waals surface area contributed by atoms with Gasteiger partial charge in [-0.15, -0.1) is 580 Å². The Labute approximate surface area is 737 Å². The Hall–Kier alpha value is 14.0. The van der Waals surface area contributed by atoms with Crippen LogP contribution in [0.2, 0.25) is 0 Å². The predicted octanol–water partition coefficient (Wildman–Crippen LogP) is 36.1. The molecule has 0 bridgehead atoms. The summed E-state index contributed by atoms with van der Waals surface area (Å²) < 4.78 is 4.40. The molecule has 0 fully saturated rings. The summed E-state index contributed by atoms with van der Waals surface area (Å²) in [6, 6.07) is 0. The number of ether oxygens (including phenoxy) is 1. The van der Waals surface area contributed by atoms with Gasteiger partial charge in [-0.3, -0.25) is 4.79 Å². The van der Waals surface area contributed by atoms with E-state index >= 15 is 0 Å². The summed E-state index contributed by atoms with van der Waals surface area (Å²) in [5.41, 5.74) is 0. The lowest BCUT2D eigenvalue weighted by molar-refractivity contribution is -0.140. The SMILES string of the molecule is CCOC(C)=O.ClCCl.ClCCl.ClCCl.ClCCl.ClCCl.ClCCl.ClCCl.ClCCl.ClCCl.ClCCl.ClCCl.ClCCl.ClCCl.ClCCl.ClCCl.ClCCl.ClCCl.ClCCl.ClCCl.ClCCl.ClCCl.ClCCl.ClCCl.ClCCl.ClCCl. The van der Waals surface area contributed by atoms with Crippen LogP contribution in [0.1, 0.15) is 13.8 Å². The molecule has 0 aromatic rings. The number of esters is 1.